The zero-order valence-electron chi connectivity index (χ0n) is 8.00. The minimum atomic E-state index is 0.613. The van der Waals surface area contributed by atoms with Gasteiger partial charge >= 0.3 is 0 Å². The van der Waals surface area contributed by atoms with Crippen LogP contribution in [0.2, 0.25) is 0 Å². The van der Waals surface area contributed by atoms with Gasteiger partial charge in [0, 0.05) is 10.9 Å². The zero-order chi connectivity index (χ0) is 8.97. The Hall–Kier alpha value is -0.340. The maximum absolute atomic E-state index is 3.26. The lowest BCUT2D eigenvalue weighted by Gasteiger charge is -2.14. The summed E-state index contributed by atoms with van der Waals surface area (Å²) in [5, 5.41) is 5.41. The third kappa shape index (κ3) is 2.61. The fourth-order valence-electron chi connectivity index (χ4n) is 1.34. The molecule has 2 unspecified atom stereocenters. The van der Waals surface area contributed by atoms with Crippen molar-refractivity contribution in [2.75, 3.05) is 7.05 Å². The van der Waals surface area contributed by atoms with Gasteiger partial charge in [-0.25, -0.2) is 0 Å². The first kappa shape index (κ1) is 9.75. The average Bonchev–Trinajstić information content (AvgIpc) is 2.56. The lowest BCUT2D eigenvalue weighted by molar-refractivity contribution is 0.520. The van der Waals surface area contributed by atoms with Crippen LogP contribution in [0.15, 0.2) is 17.5 Å². The molecule has 1 N–H and O–H groups in total. The molecule has 0 amide bonds. The maximum atomic E-state index is 3.26. The van der Waals surface area contributed by atoms with E-state index in [0.29, 0.717) is 12.0 Å². The summed E-state index contributed by atoms with van der Waals surface area (Å²) in [4.78, 5) is 1.50. The summed E-state index contributed by atoms with van der Waals surface area (Å²) >= 11 is 1.86. The van der Waals surface area contributed by atoms with Gasteiger partial charge in [0.25, 0.3) is 0 Å². The Balaban J connectivity index is 2.44. The molecule has 1 heterocycles. The Kier molecular flexibility index (Phi) is 3.76. The molecule has 12 heavy (non-hydrogen) atoms. The van der Waals surface area contributed by atoms with Crippen LogP contribution in [0.5, 0.6) is 0 Å². The smallest absolute Gasteiger partial charge is 0.00740 e. The zero-order valence-corrected chi connectivity index (χ0v) is 8.82. The maximum Gasteiger partial charge on any atom is 0.00740 e. The van der Waals surface area contributed by atoms with E-state index in [0.717, 1.165) is 0 Å². The number of nitrogens with one attached hydrogen (secondary N) is 1. The fraction of sp³-hybridized carbons (Fsp3) is 0.600. The van der Waals surface area contributed by atoms with Gasteiger partial charge in [-0.1, -0.05) is 13.0 Å². The molecule has 0 aliphatic carbocycles. The van der Waals surface area contributed by atoms with Gasteiger partial charge < -0.3 is 5.32 Å². The second kappa shape index (κ2) is 4.63. The van der Waals surface area contributed by atoms with E-state index < -0.39 is 0 Å². The highest BCUT2D eigenvalue weighted by Gasteiger charge is 2.09. The van der Waals surface area contributed by atoms with Gasteiger partial charge in [-0.2, -0.15) is 0 Å². The van der Waals surface area contributed by atoms with Crippen molar-refractivity contribution < 1.29 is 0 Å². The number of thiophene rings is 1. The van der Waals surface area contributed by atoms with E-state index in [1.807, 2.05) is 18.4 Å². The van der Waals surface area contributed by atoms with Gasteiger partial charge in [0.05, 0.1) is 0 Å². The molecule has 1 aromatic heterocycles. The largest absolute Gasteiger partial charge is 0.317 e. The third-order valence-electron chi connectivity index (χ3n) is 2.23. The number of hydrogen-bond acceptors (Lipinski definition) is 2. The molecular formula is C10H17NS. The highest BCUT2D eigenvalue weighted by Crippen LogP contribution is 2.24. The van der Waals surface area contributed by atoms with E-state index in [1.54, 1.807) is 0 Å². The molecule has 0 aliphatic heterocycles. The number of hydrogen-bond donors (Lipinski definition) is 1. The minimum Gasteiger partial charge on any atom is -0.317 e. The van der Waals surface area contributed by atoms with Crippen LogP contribution < -0.4 is 5.32 Å². The van der Waals surface area contributed by atoms with Crippen molar-refractivity contribution in [1.82, 2.24) is 5.32 Å². The third-order valence-corrected chi connectivity index (χ3v) is 3.33. The summed E-state index contributed by atoms with van der Waals surface area (Å²) in [7, 11) is 2.02. The SMILES string of the molecule is CNC(C)CC(C)c1cccs1. The molecule has 2 heteroatoms. The van der Waals surface area contributed by atoms with Crippen LogP contribution in [0.4, 0.5) is 0 Å². The second-order valence-corrected chi connectivity index (χ2v) is 4.32. The first-order valence-corrected chi connectivity index (χ1v) is 5.32. The van der Waals surface area contributed by atoms with Crippen molar-refractivity contribution in [2.24, 2.45) is 0 Å². The van der Waals surface area contributed by atoms with Gasteiger partial charge in [0.2, 0.25) is 0 Å². The van der Waals surface area contributed by atoms with E-state index in [1.165, 1.54) is 11.3 Å². The van der Waals surface area contributed by atoms with Gasteiger partial charge in [-0.15, -0.1) is 11.3 Å². The summed E-state index contributed by atoms with van der Waals surface area (Å²) in [5.41, 5.74) is 0. The molecule has 2 atom stereocenters. The molecule has 68 valence electrons. The molecule has 0 spiro atoms. The topological polar surface area (TPSA) is 12.0 Å². The van der Waals surface area contributed by atoms with Crippen LogP contribution in [-0.2, 0) is 0 Å². The molecule has 0 saturated carbocycles. The Morgan fingerprint density at radius 2 is 2.25 bits per heavy atom. The van der Waals surface area contributed by atoms with E-state index >= 15 is 0 Å². The lowest BCUT2D eigenvalue weighted by Crippen LogP contribution is -2.22. The normalized spacial score (nSPS) is 15.9. The monoisotopic (exact) mass is 183 g/mol. The van der Waals surface area contributed by atoms with Crippen LogP contribution in [0.3, 0.4) is 0 Å². The summed E-state index contributed by atoms with van der Waals surface area (Å²) in [6, 6.07) is 4.96. The highest BCUT2D eigenvalue weighted by molar-refractivity contribution is 7.10. The fourth-order valence-corrected chi connectivity index (χ4v) is 2.14. The quantitative estimate of drug-likeness (QED) is 0.757. The molecule has 0 aromatic carbocycles. The summed E-state index contributed by atoms with van der Waals surface area (Å²) in [6.07, 6.45) is 1.22. The molecule has 1 nitrogen and oxygen atoms in total. The van der Waals surface area contributed by atoms with Gasteiger partial charge in [-0.05, 0) is 37.8 Å². The van der Waals surface area contributed by atoms with Gasteiger partial charge in [-0.3, -0.25) is 0 Å². The predicted molar refractivity (Wildman–Crippen MR) is 55.9 cm³/mol. The molecular weight excluding hydrogens is 166 g/mol. The van der Waals surface area contributed by atoms with Gasteiger partial charge in [0.15, 0.2) is 0 Å². The van der Waals surface area contributed by atoms with Crippen LogP contribution in [0, 0.1) is 0 Å². The van der Waals surface area contributed by atoms with Gasteiger partial charge in [0.1, 0.15) is 0 Å². The average molecular weight is 183 g/mol. The van der Waals surface area contributed by atoms with E-state index in [-0.39, 0.29) is 0 Å². The van der Waals surface area contributed by atoms with Crippen LogP contribution in [0.1, 0.15) is 31.1 Å². The Labute approximate surface area is 78.8 Å². The van der Waals surface area contributed by atoms with Crippen LogP contribution in [-0.4, -0.2) is 13.1 Å². The van der Waals surface area contributed by atoms with Crippen molar-refractivity contribution >= 4 is 11.3 Å². The Morgan fingerprint density at radius 1 is 1.50 bits per heavy atom. The minimum absolute atomic E-state index is 0.613. The molecule has 1 rings (SSSR count). The van der Waals surface area contributed by atoms with Crippen molar-refractivity contribution in [2.45, 2.75) is 32.2 Å². The van der Waals surface area contributed by atoms with Crippen molar-refractivity contribution in [3.05, 3.63) is 22.4 Å². The molecule has 0 aliphatic rings. The molecule has 0 radical (unpaired) electrons. The molecule has 0 bridgehead atoms. The molecule has 0 saturated heterocycles. The highest BCUT2D eigenvalue weighted by atomic mass is 32.1. The standard InChI is InChI=1S/C10H17NS/c1-8(7-9(2)11-3)10-5-4-6-12-10/h4-6,8-9,11H,7H2,1-3H3. The van der Waals surface area contributed by atoms with E-state index in [2.05, 4.69) is 36.7 Å². The Bertz CT molecular complexity index is 206. The van der Waals surface area contributed by atoms with E-state index in [4.69, 9.17) is 0 Å². The van der Waals surface area contributed by atoms with Crippen molar-refractivity contribution in [1.29, 1.82) is 0 Å². The second-order valence-electron chi connectivity index (χ2n) is 3.34. The summed E-state index contributed by atoms with van der Waals surface area (Å²) in [6.45, 7) is 4.52. The van der Waals surface area contributed by atoms with Crippen molar-refractivity contribution in [3.63, 3.8) is 0 Å². The predicted octanol–water partition coefficient (Wildman–Crippen LogP) is 2.85. The first-order chi connectivity index (χ1) is 5.74. The van der Waals surface area contributed by atoms with Crippen LogP contribution in [0.25, 0.3) is 0 Å². The molecule has 1 aromatic rings. The van der Waals surface area contributed by atoms with Crippen molar-refractivity contribution in [3.8, 4) is 0 Å². The summed E-state index contributed by atoms with van der Waals surface area (Å²) in [5.74, 6) is 0.687. The molecule has 0 fully saturated rings. The lowest BCUT2D eigenvalue weighted by atomic mass is 10.0. The number of rotatable bonds is 4. The Morgan fingerprint density at radius 3 is 2.75 bits per heavy atom. The van der Waals surface area contributed by atoms with E-state index in [9.17, 15) is 0 Å². The first-order valence-electron chi connectivity index (χ1n) is 4.44. The summed E-state index contributed by atoms with van der Waals surface area (Å²) < 4.78 is 0. The van der Waals surface area contributed by atoms with Crippen LogP contribution >= 0.6 is 11.3 Å².